The van der Waals surface area contributed by atoms with Crippen LogP contribution < -0.4 is 5.32 Å². The van der Waals surface area contributed by atoms with Crippen LogP contribution in [-0.4, -0.2) is 28.5 Å². The van der Waals surface area contributed by atoms with Crippen molar-refractivity contribution in [3.63, 3.8) is 0 Å². The molecule has 0 aliphatic carbocycles. The predicted molar refractivity (Wildman–Crippen MR) is 139 cm³/mol. The van der Waals surface area contributed by atoms with Crippen LogP contribution in [0.4, 0.5) is 9.52 Å². The quantitative estimate of drug-likeness (QED) is 0.256. The smallest absolute Gasteiger partial charge is 0.339 e. The van der Waals surface area contributed by atoms with Crippen LogP contribution in [0.1, 0.15) is 10.4 Å². The Morgan fingerprint density at radius 1 is 0.917 bits per heavy atom. The zero-order chi connectivity index (χ0) is 25.1. The third-order valence-electron chi connectivity index (χ3n) is 5.30. The van der Waals surface area contributed by atoms with Gasteiger partial charge in [-0.15, -0.1) is 11.3 Å². The molecule has 0 aliphatic heterocycles. The first kappa shape index (κ1) is 23.6. The van der Waals surface area contributed by atoms with Gasteiger partial charge in [0.25, 0.3) is 5.91 Å². The van der Waals surface area contributed by atoms with Crippen molar-refractivity contribution in [2.24, 2.45) is 0 Å². The Morgan fingerprint density at radius 3 is 2.39 bits per heavy atom. The molecule has 1 amide bonds. The van der Waals surface area contributed by atoms with Crippen molar-refractivity contribution in [2.45, 2.75) is 0 Å². The summed E-state index contributed by atoms with van der Waals surface area (Å²) in [4.78, 5) is 34.4. The number of anilines is 1. The molecule has 0 aliphatic rings. The molecule has 36 heavy (non-hydrogen) atoms. The van der Waals surface area contributed by atoms with Crippen LogP contribution in [0.3, 0.4) is 0 Å². The van der Waals surface area contributed by atoms with Crippen molar-refractivity contribution in [3.05, 3.63) is 101 Å². The Morgan fingerprint density at radius 2 is 1.61 bits per heavy atom. The largest absolute Gasteiger partial charge is 0.452 e. The van der Waals surface area contributed by atoms with Gasteiger partial charge in [-0.2, -0.15) is 0 Å². The number of carbonyl (C=O) groups is 2. The summed E-state index contributed by atoms with van der Waals surface area (Å²) in [5.41, 5.74) is 3.62. The highest BCUT2D eigenvalue weighted by Gasteiger charge is 2.17. The average Bonchev–Trinajstić information content (AvgIpc) is 3.35. The number of hydrogen-bond donors (Lipinski definition) is 1. The van der Waals surface area contributed by atoms with Crippen molar-refractivity contribution < 1.29 is 18.7 Å². The number of pyridine rings is 1. The summed E-state index contributed by atoms with van der Waals surface area (Å²) in [5.74, 6) is -1.52. The molecule has 0 unspecified atom stereocenters. The van der Waals surface area contributed by atoms with E-state index in [1.807, 2.05) is 18.2 Å². The molecule has 0 saturated heterocycles. The van der Waals surface area contributed by atoms with E-state index in [2.05, 4.69) is 15.3 Å². The fourth-order valence-corrected chi connectivity index (χ4v) is 4.42. The van der Waals surface area contributed by atoms with Crippen LogP contribution in [0.25, 0.3) is 33.4 Å². The van der Waals surface area contributed by atoms with Crippen LogP contribution in [-0.2, 0) is 9.53 Å². The molecule has 5 rings (SSSR count). The summed E-state index contributed by atoms with van der Waals surface area (Å²) in [6.45, 7) is -0.489. The van der Waals surface area contributed by atoms with E-state index in [4.69, 9.17) is 16.3 Å². The standard InChI is InChI=1S/C27H17ClFN3O3S/c28-18-9-5-16(6-10-18)23-13-21(20-3-1-2-4-22(20)30-23)26(34)35-14-25(33)32-27-31-24(15-36-27)17-7-11-19(29)12-8-17/h1-13,15H,14H2,(H,31,32,33). The van der Waals surface area contributed by atoms with E-state index < -0.39 is 18.5 Å². The van der Waals surface area contributed by atoms with Crippen molar-refractivity contribution in [2.75, 3.05) is 11.9 Å². The van der Waals surface area contributed by atoms with Crippen LogP contribution in [0.2, 0.25) is 5.02 Å². The molecule has 2 aromatic heterocycles. The van der Waals surface area contributed by atoms with Gasteiger partial charge in [0.05, 0.1) is 22.5 Å². The monoisotopic (exact) mass is 517 g/mol. The van der Waals surface area contributed by atoms with Crippen LogP contribution in [0.5, 0.6) is 0 Å². The second kappa shape index (κ2) is 10.2. The Balaban J connectivity index is 1.30. The van der Waals surface area contributed by atoms with Gasteiger partial charge in [-0.3, -0.25) is 10.1 Å². The number of benzene rings is 3. The Labute approximate surface area is 214 Å². The van der Waals surface area contributed by atoms with Gasteiger partial charge in [-0.25, -0.2) is 19.2 Å². The van der Waals surface area contributed by atoms with Gasteiger partial charge in [0.15, 0.2) is 11.7 Å². The minimum Gasteiger partial charge on any atom is -0.452 e. The Bertz CT molecular complexity index is 1570. The van der Waals surface area contributed by atoms with E-state index in [0.717, 1.165) is 11.1 Å². The summed E-state index contributed by atoms with van der Waals surface area (Å²) in [5, 5.41) is 5.92. The van der Waals surface area contributed by atoms with Gasteiger partial charge in [-0.05, 0) is 48.5 Å². The maximum Gasteiger partial charge on any atom is 0.339 e. The predicted octanol–water partition coefficient (Wildman–Crippen LogP) is 6.61. The minimum absolute atomic E-state index is 0.297. The molecule has 0 spiro atoms. The van der Waals surface area contributed by atoms with Crippen LogP contribution >= 0.6 is 22.9 Å². The zero-order valence-electron chi connectivity index (χ0n) is 18.6. The third-order valence-corrected chi connectivity index (χ3v) is 6.31. The second-order valence-corrected chi connectivity index (χ2v) is 9.04. The summed E-state index contributed by atoms with van der Waals surface area (Å²) in [7, 11) is 0. The average molecular weight is 518 g/mol. The first-order valence-electron chi connectivity index (χ1n) is 10.8. The molecule has 1 N–H and O–H groups in total. The van der Waals surface area contributed by atoms with Gasteiger partial charge in [0.1, 0.15) is 5.82 Å². The lowest BCUT2D eigenvalue weighted by atomic mass is 10.0. The topological polar surface area (TPSA) is 81.2 Å². The van der Waals surface area contributed by atoms with Crippen molar-refractivity contribution in [1.29, 1.82) is 0 Å². The molecule has 0 fully saturated rings. The number of ether oxygens (including phenoxy) is 1. The molecule has 0 saturated carbocycles. The first-order valence-corrected chi connectivity index (χ1v) is 12.1. The minimum atomic E-state index is -0.648. The van der Waals surface area contributed by atoms with E-state index in [1.165, 1.54) is 23.5 Å². The summed E-state index contributed by atoms with van der Waals surface area (Å²) in [6, 6.07) is 21.9. The van der Waals surface area contributed by atoms with Gasteiger partial charge in [0.2, 0.25) is 0 Å². The lowest BCUT2D eigenvalue weighted by Crippen LogP contribution is -2.21. The number of esters is 1. The molecule has 5 aromatic rings. The van der Waals surface area contributed by atoms with Crippen molar-refractivity contribution in [1.82, 2.24) is 9.97 Å². The SMILES string of the molecule is O=C(COC(=O)c1cc(-c2ccc(Cl)cc2)nc2ccccc12)Nc1nc(-c2ccc(F)cc2)cs1. The summed E-state index contributed by atoms with van der Waals surface area (Å²) < 4.78 is 18.5. The van der Waals surface area contributed by atoms with Gasteiger partial charge < -0.3 is 4.74 Å². The number of carbonyl (C=O) groups excluding carboxylic acids is 2. The van der Waals surface area contributed by atoms with Gasteiger partial charge >= 0.3 is 5.97 Å². The number of amides is 1. The maximum absolute atomic E-state index is 13.1. The molecule has 178 valence electrons. The van der Waals surface area contributed by atoms with E-state index in [1.54, 1.807) is 53.9 Å². The number of aromatic nitrogens is 2. The number of rotatable bonds is 6. The lowest BCUT2D eigenvalue weighted by molar-refractivity contribution is -0.119. The Hall–Kier alpha value is -4.14. The molecule has 6 nitrogen and oxygen atoms in total. The number of para-hydroxylation sites is 1. The molecule has 3 aromatic carbocycles. The molecule has 0 atom stereocenters. The fraction of sp³-hybridized carbons (Fsp3) is 0.0370. The number of nitrogens with one attached hydrogen (secondary N) is 1. The molecule has 0 radical (unpaired) electrons. The van der Waals surface area contributed by atoms with Gasteiger partial charge in [-0.1, -0.05) is 41.9 Å². The highest BCUT2D eigenvalue weighted by atomic mass is 35.5. The second-order valence-electron chi connectivity index (χ2n) is 7.75. The maximum atomic E-state index is 13.1. The summed E-state index contributed by atoms with van der Waals surface area (Å²) in [6.07, 6.45) is 0. The van der Waals surface area contributed by atoms with Crippen LogP contribution in [0.15, 0.2) is 84.2 Å². The highest BCUT2D eigenvalue weighted by Crippen LogP contribution is 2.27. The molecular weight excluding hydrogens is 501 g/mol. The molecule has 0 bridgehead atoms. The lowest BCUT2D eigenvalue weighted by Gasteiger charge is -2.10. The highest BCUT2D eigenvalue weighted by molar-refractivity contribution is 7.14. The number of hydrogen-bond acceptors (Lipinski definition) is 6. The van der Waals surface area contributed by atoms with Crippen molar-refractivity contribution >= 4 is 50.8 Å². The normalized spacial score (nSPS) is 10.8. The Kier molecular flexibility index (Phi) is 6.71. The molecule has 9 heteroatoms. The number of nitrogens with zero attached hydrogens (tertiary/aromatic N) is 2. The van der Waals surface area contributed by atoms with Crippen molar-refractivity contribution in [3.8, 4) is 22.5 Å². The first-order chi connectivity index (χ1) is 17.5. The zero-order valence-corrected chi connectivity index (χ0v) is 20.1. The number of fused-ring (bicyclic) bond motifs is 1. The fourth-order valence-electron chi connectivity index (χ4n) is 3.56. The van der Waals surface area contributed by atoms with E-state index in [9.17, 15) is 14.0 Å². The molecule has 2 heterocycles. The van der Waals surface area contributed by atoms with E-state index in [0.29, 0.717) is 38.0 Å². The van der Waals surface area contributed by atoms with Crippen LogP contribution in [0, 0.1) is 5.82 Å². The van der Waals surface area contributed by atoms with E-state index in [-0.39, 0.29) is 5.82 Å². The van der Waals surface area contributed by atoms with Gasteiger partial charge in [0, 0.05) is 26.9 Å². The van der Waals surface area contributed by atoms with E-state index >= 15 is 0 Å². The summed E-state index contributed by atoms with van der Waals surface area (Å²) >= 11 is 7.21. The third kappa shape index (κ3) is 5.25. The number of thiazole rings is 1. The number of halogens is 2. The molecular formula is C27H17ClFN3O3S.